The number of hydrogen-bond acceptors (Lipinski definition) is 3. The number of nitrogens with one attached hydrogen (secondary N) is 1. The number of aromatic nitrogens is 2. The van der Waals surface area contributed by atoms with Gasteiger partial charge in [-0.15, -0.1) is 0 Å². The summed E-state index contributed by atoms with van der Waals surface area (Å²) in [5, 5.41) is 0. The highest BCUT2D eigenvalue weighted by molar-refractivity contribution is 5.63. The van der Waals surface area contributed by atoms with Gasteiger partial charge in [-0.2, -0.15) is 0 Å². The van der Waals surface area contributed by atoms with Gasteiger partial charge < -0.3 is 9.72 Å². The molecule has 0 fully saturated rings. The van der Waals surface area contributed by atoms with Crippen molar-refractivity contribution in [2.24, 2.45) is 0 Å². The third-order valence-electron chi connectivity index (χ3n) is 4.10. The molecule has 3 rings (SSSR count). The van der Waals surface area contributed by atoms with Crippen molar-refractivity contribution in [3.8, 4) is 11.1 Å². The van der Waals surface area contributed by atoms with Crippen molar-refractivity contribution in [3.05, 3.63) is 87.6 Å². The highest BCUT2D eigenvalue weighted by Gasteiger charge is 2.11. The fourth-order valence-electron chi connectivity index (χ4n) is 2.82. The van der Waals surface area contributed by atoms with Crippen LogP contribution in [0.2, 0.25) is 0 Å². The van der Waals surface area contributed by atoms with E-state index in [9.17, 15) is 4.79 Å². The minimum Gasteiger partial charge on any atom is -0.375 e. The lowest BCUT2D eigenvalue weighted by molar-refractivity contribution is 0.130. The van der Waals surface area contributed by atoms with Crippen molar-refractivity contribution < 1.29 is 4.74 Å². The summed E-state index contributed by atoms with van der Waals surface area (Å²) in [6.45, 7) is 4.68. The average molecular weight is 334 g/mol. The average Bonchev–Trinajstić information content (AvgIpc) is 2.63. The number of benzene rings is 2. The van der Waals surface area contributed by atoms with Crippen molar-refractivity contribution in [1.29, 1.82) is 0 Å². The molecule has 3 aromatic rings. The Balaban J connectivity index is 1.86. The lowest BCUT2D eigenvalue weighted by Gasteiger charge is -2.10. The lowest BCUT2D eigenvalue weighted by atomic mass is 10.0. The molecule has 0 aliphatic rings. The Morgan fingerprint density at radius 2 is 1.68 bits per heavy atom. The second-order valence-corrected chi connectivity index (χ2v) is 5.95. The van der Waals surface area contributed by atoms with Crippen LogP contribution in [0.1, 0.15) is 29.6 Å². The highest BCUT2D eigenvalue weighted by atomic mass is 16.5. The molecular formula is C21H22N2O2. The molecule has 0 spiro atoms. The van der Waals surface area contributed by atoms with Gasteiger partial charge in [-0.05, 0) is 30.5 Å². The van der Waals surface area contributed by atoms with Crippen LogP contribution in [0.5, 0.6) is 0 Å². The summed E-state index contributed by atoms with van der Waals surface area (Å²) in [5.41, 5.74) is 4.72. The van der Waals surface area contributed by atoms with Crippen molar-refractivity contribution in [1.82, 2.24) is 9.97 Å². The van der Waals surface area contributed by atoms with Gasteiger partial charge in [0.15, 0.2) is 0 Å². The number of H-pyrrole nitrogens is 1. The van der Waals surface area contributed by atoms with Crippen LogP contribution >= 0.6 is 0 Å². The first-order chi connectivity index (χ1) is 12.2. The number of aromatic amines is 1. The number of ether oxygens (including phenoxy) is 1. The first-order valence-corrected chi connectivity index (χ1v) is 8.48. The quantitative estimate of drug-likeness (QED) is 0.744. The number of rotatable bonds is 6. The zero-order chi connectivity index (χ0) is 17.6. The van der Waals surface area contributed by atoms with Crippen molar-refractivity contribution in [2.45, 2.75) is 26.9 Å². The summed E-state index contributed by atoms with van der Waals surface area (Å²) in [6, 6.07) is 18.5. The van der Waals surface area contributed by atoms with Crippen LogP contribution < -0.4 is 5.56 Å². The zero-order valence-corrected chi connectivity index (χ0v) is 14.6. The Kier molecular flexibility index (Phi) is 5.41. The first-order valence-electron chi connectivity index (χ1n) is 8.48. The van der Waals surface area contributed by atoms with Crippen LogP contribution in [0.4, 0.5) is 0 Å². The minimum atomic E-state index is -0.0886. The Morgan fingerprint density at radius 3 is 2.36 bits per heavy atom. The lowest BCUT2D eigenvalue weighted by Crippen LogP contribution is -2.20. The maximum atomic E-state index is 12.4. The Morgan fingerprint density at radius 1 is 1.00 bits per heavy atom. The maximum absolute atomic E-state index is 12.4. The normalized spacial score (nSPS) is 10.8. The predicted octanol–water partition coefficient (Wildman–Crippen LogP) is 3.87. The highest BCUT2D eigenvalue weighted by Crippen LogP contribution is 2.20. The summed E-state index contributed by atoms with van der Waals surface area (Å²) in [7, 11) is 0. The third kappa shape index (κ3) is 4.22. The molecular weight excluding hydrogens is 312 g/mol. The van der Waals surface area contributed by atoms with Crippen LogP contribution in [0.25, 0.3) is 11.1 Å². The smallest absolute Gasteiger partial charge is 0.254 e. The molecule has 1 heterocycles. The van der Waals surface area contributed by atoms with Gasteiger partial charge in [-0.1, -0.05) is 54.6 Å². The van der Waals surface area contributed by atoms with Gasteiger partial charge in [0.2, 0.25) is 0 Å². The van der Waals surface area contributed by atoms with E-state index in [1.165, 1.54) is 5.56 Å². The molecule has 0 aliphatic carbocycles. The van der Waals surface area contributed by atoms with E-state index in [2.05, 4.69) is 46.4 Å². The molecule has 1 N–H and O–H groups in total. The summed E-state index contributed by atoms with van der Waals surface area (Å²) in [5.74, 6) is 0.614. The predicted molar refractivity (Wildman–Crippen MR) is 99.6 cm³/mol. The summed E-state index contributed by atoms with van der Waals surface area (Å²) in [4.78, 5) is 19.6. The minimum absolute atomic E-state index is 0.0886. The standard InChI is InChI=1S/C21H22N2O2/c1-3-25-14-20-19(21(24)23-15(2)22-20)13-16-9-11-18(12-10-16)17-7-5-4-6-8-17/h4-12H,3,13-14H2,1-2H3,(H,22,23,24). The molecule has 4 nitrogen and oxygen atoms in total. The van der Waals surface area contributed by atoms with E-state index < -0.39 is 0 Å². The molecule has 0 saturated heterocycles. The van der Waals surface area contributed by atoms with Crippen molar-refractivity contribution in [2.75, 3.05) is 6.61 Å². The molecule has 128 valence electrons. The molecule has 0 bridgehead atoms. The fourth-order valence-corrected chi connectivity index (χ4v) is 2.82. The Bertz CT molecular complexity index is 884. The summed E-state index contributed by atoms with van der Waals surface area (Å²) in [6.07, 6.45) is 0.542. The second-order valence-electron chi connectivity index (χ2n) is 5.95. The third-order valence-corrected chi connectivity index (χ3v) is 4.10. The van der Waals surface area contributed by atoms with E-state index in [0.29, 0.717) is 31.0 Å². The molecule has 2 aromatic carbocycles. The van der Waals surface area contributed by atoms with E-state index >= 15 is 0 Å². The van der Waals surface area contributed by atoms with Crippen LogP contribution in [-0.4, -0.2) is 16.6 Å². The van der Waals surface area contributed by atoms with E-state index in [1.807, 2.05) is 25.1 Å². The van der Waals surface area contributed by atoms with Crippen LogP contribution in [-0.2, 0) is 17.8 Å². The largest absolute Gasteiger partial charge is 0.375 e. The second kappa shape index (κ2) is 7.90. The van der Waals surface area contributed by atoms with Gasteiger partial charge in [0.05, 0.1) is 12.3 Å². The molecule has 0 aliphatic heterocycles. The molecule has 4 heteroatoms. The number of aryl methyl sites for hydroxylation is 1. The molecule has 25 heavy (non-hydrogen) atoms. The van der Waals surface area contributed by atoms with Gasteiger partial charge >= 0.3 is 0 Å². The summed E-state index contributed by atoms with van der Waals surface area (Å²) < 4.78 is 5.47. The van der Waals surface area contributed by atoms with E-state index in [-0.39, 0.29) is 5.56 Å². The molecule has 0 unspecified atom stereocenters. The van der Waals surface area contributed by atoms with E-state index in [0.717, 1.165) is 16.8 Å². The first kappa shape index (κ1) is 17.1. The van der Waals surface area contributed by atoms with Gasteiger partial charge in [-0.3, -0.25) is 4.79 Å². The molecule has 0 amide bonds. The molecule has 0 atom stereocenters. The fraction of sp³-hybridized carbons (Fsp3) is 0.238. The number of hydrogen-bond donors (Lipinski definition) is 1. The van der Waals surface area contributed by atoms with Gasteiger partial charge in [0.25, 0.3) is 5.56 Å². The SMILES string of the molecule is CCOCc1nc(C)[nH]c(=O)c1Cc1ccc(-c2ccccc2)cc1. The van der Waals surface area contributed by atoms with Gasteiger partial charge in [-0.25, -0.2) is 4.98 Å². The van der Waals surface area contributed by atoms with Crippen molar-refractivity contribution in [3.63, 3.8) is 0 Å². The molecule has 1 aromatic heterocycles. The van der Waals surface area contributed by atoms with E-state index in [4.69, 9.17) is 4.74 Å². The van der Waals surface area contributed by atoms with Gasteiger partial charge in [0.1, 0.15) is 5.82 Å². The van der Waals surface area contributed by atoms with Crippen molar-refractivity contribution >= 4 is 0 Å². The molecule has 0 radical (unpaired) electrons. The number of nitrogens with zero attached hydrogens (tertiary/aromatic N) is 1. The van der Waals surface area contributed by atoms with Crippen LogP contribution in [0, 0.1) is 6.92 Å². The monoisotopic (exact) mass is 334 g/mol. The Hall–Kier alpha value is -2.72. The van der Waals surface area contributed by atoms with Gasteiger partial charge in [0, 0.05) is 18.6 Å². The zero-order valence-electron chi connectivity index (χ0n) is 14.6. The van der Waals surface area contributed by atoms with Crippen LogP contribution in [0.15, 0.2) is 59.4 Å². The van der Waals surface area contributed by atoms with E-state index in [1.54, 1.807) is 6.92 Å². The van der Waals surface area contributed by atoms with Crippen LogP contribution in [0.3, 0.4) is 0 Å². The topological polar surface area (TPSA) is 55.0 Å². The Labute approximate surface area is 147 Å². The molecule has 0 saturated carbocycles. The maximum Gasteiger partial charge on any atom is 0.254 e. The summed E-state index contributed by atoms with van der Waals surface area (Å²) >= 11 is 0.